The maximum absolute atomic E-state index is 11.3. The predicted molar refractivity (Wildman–Crippen MR) is 73.3 cm³/mol. The Labute approximate surface area is 115 Å². The summed E-state index contributed by atoms with van der Waals surface area (Å²) in [5, 5.41) is 18.0. The van der Waals surface area contributed by atoms with Gasteiger partial charge < -0.3 is 15.1 Å². The molecular weight excluding hydrogens is 248 g/mol. The SMILES string of the molecule is CCCC(C(=O)O)N(CCCN(C)C)CCC(=O)O. The molecule has 6 nitrogen and oxygen atoms in total. The first-order valence-electron chi connectivity index (χ1n) is 6.71. The van der Waals surface area contributed by atoms with Crippen molar-refractivity contribution in [3.8, 4) is 0 Å². The molecule has 0 radical (unpaired) electrons. The van der Waals surface area contributed by atoms with Gasteiger partial charge in [0.2, 0.25) is 0 Å². The van der Waals surface area contributed by atoms with Gasteiger partial charge in [-0.3, -0.25) is 14.5 Å². The maximum atomic E-state index is 11.3. The zero-order valence-corrected chi connectivity index (χ0v) is 12.1. The van der Waals surface area contributed by atoms with Crippen LogP contribution in [0.4, 0.5) is 0 Å². The largest absolute Gasteiger partial charge is 0.481 e. The fraction of sp³-hybridized carbons (Fsp3) is 0.846. The molecular formula is C13H26N2O4. The van der Waals surface area contributed by atoms with E-state index in [1.54, 1.807) is 4.90 Å². The van der Waals surface area contributed by atoms with Crippen molar-refractivity contribution in [2.75, 3.05) is 33.7 Å². The van der Waals surface area contributed by atoms with Crippen molar-refractivity contribution >= 4 is 11.9 Å². The summed E-state index contributed by atoms with van der Waals surface area (Å²) in [7, 11) is 3.92. The van der Waals surface area contributed by atoms with Crippen LogP contribution in [0.2, 0.25) is 0 Å². The Kier molecular flexibility index (Phi) is 9.16. The van der Waals surface area contributed by atoms with Crippen LogP contribution in [0.3, 0.4) is 0 Å². The highest BCUT2D eigenvalue weighted by molar-refractivity contribution is 5.73. The Hall–Kier alpha value is -1.14. The number of hydrogen-bond acceptors (Lipinski definition) is 4. The van der Waals surface area contributed by atoms with E-state index >= 15 is 0 Å². The van der Waals surface area contributed by atoms with E-state index in [0.29, 0.717) is 19.5 Å². The van der Waals surface area contributed by atoms with E-state index in [9.17, 15) is 14.7 Å². The van der Waals surface area contributed by atoms with Gasteiger partial charge in [-0.25, -0.2) is 0 Å². The predicted octanol–water partition coefficient (Wildman–Crippen LogP) is 0.968. The summed E-state index contributed by atoms with van der Waals surface area (Å²) in [6.45, 7) is 3.70. The molecule has 0 aromatic heterocycles. The van der Waals surface area contributed by atoms with Crippen LogP contribution in [0.25, 0.3) is 0 Å². The fourth-order valence-corrected chi connectivity index (χ4v) is 1.99. The standard InChI is InChI=1S/C13H26N2O4/c1-4-6-11(13(18)19)15(10-7-12(16)17)9-5-8-14(2)3/h11H,4-10H2,1-3H3,(H,16,17)(H,18,19). The van der Waals surface area contributed by atoms with Gasteiger partial charge in [0.25, 0.3) is 0 Å². The average molecular weight is 274 g/mol. The molecule has 0 rings (SSSR count). The van der Waals surface area contributed by atoms with Crippen LogP contribution in [0.5, 0.6) is 0 Å². The number of hydrogen-bond donors (Lipinski definition) is 2. The minimum Gasteiger partial charge on any atom is -0.481 e. The van der Waals surface area contributed by atoms with Gasteiger partial charge in [0.05, 0.1) is 6.42 Å². The van der Waals surface area contributed by atoms with Gasteiger partial charge in [0, 0.05) is 13.1 Å². The number of carbonyl (C=O) groups is 2. The normalized spacial score (nSPS) is 12.9. The molecule has 1 atom stereocenters. The van der Waals surface area contributed by atoms with E-state index in [1.807, 2.05) is 25.9 Å². The summed E-state index contributed by atoms with van der Waals surface area (Å²) in [6, 6.07) is -0.577. The Morgan fingerprint density at radius 3 is 2.16 bits per heavy atom. The van der Waals surface area contributed by atoms with Crippen LogP contribution in [-0.2, 0) is 9.59 Å². The molecule has 0 aliphatic carbocycles. The van der Waals surface area contributed by atoms with Crippen LogP contribution in [0.15, 0.2) is 0 Å². The highest BCUT2D eigenvalue weighted by atomic mass is 16.4. The van der Waals surface area contributed by atoms with Crippen molar-refractivity contribution < 1.29 is 19.8 Å². The van der Waals surface area contributed by atoms with Gasteiger partial charge in [0.15, 0.2) is 0 Å². The first-order chi connectivity index (χ1) is 8.88. The maximum Gasteiger partial charge on any atom is 0.320 e. The molecule has 0 bridgehead atoms. The first-order valence-corrected chi connectivity index (χ1v) is 6.71. The van der Waals surface area contributed by atoms with Gasteiger partial charge >= 0.3 is 11.9 Å². The second-order valence-electron chi connectivity index (χ2n) is 4.98. The second-order valence-corrected chi connectivity index (χ2v) is 4.98. The topological polar surface area (TPSA) is 81.1 Å². The van der Waals surface area contributed by atoms with Crippen LogP contribution < -0.4 is 0 Å². The Morgan fingerprint density at radius 2 is 1.74 bits per heavy atom. The van der Waals surface area contributed by atoms with Crippen molar-refractivity contribution in [2.24, 2.45) is 0 Å². The molecule has 19 heavy (non-hydrogen) atoms. The molecule has 0 amide bonds. The lowest BCUT2D eigenvalue weighted by Gasteiger charge is -2.28. The molecule has 0 aromatic rings. The summed E-state index contributed by atoms with van der Waals surface area (Å²) in [4.78, 5) is 25.7. The molecule has 6 heteroatoms. The lowest BCUT2D eigenvalue weighted by molar-refractivity contribution is -0.145. The van der Waals surface area contributed by atoms with E-state index in [0.717, 1.165) is 19.4 Å². The van der Waals surface area contributed by atoms with Gasteiger partial charge in [0.1, 0.15) is 6.04 Å². The highest BCUT2D eigenvalue weighted by Gasteiger charge is 2.24. The Balaban J connectivity index is 4.51. The van der Waals surface area contributed by atoms with Gasteiger partial charge in [-0.05, 0) is 33.5 Å². The molecule has 0 saturated heterocycles. The molecule has 1 unspecified atom stereocenters. The number of carboxylic acids is 2. The molecule has 0 aliphatic rings. The highest BCUT2D eigenvalue weighted by Crippen LogP contribution is 2.09. The minimum absolute atomic E-state index is 0.0184. The third-order valence-electron chi connectivity index (χ3n) is 2.95. The van der Waals surface area contributed by atoms with Crippen LogP contribution >= 0.6 is 0 Å². The zero-order chi connectivity index (χ0) is 14.8. The molecule has 0 aromatic carbocycles. The molecule has 0 spiro atoms. The number of nitrogens with zero attached hydrogens (tertiary/aromatic N) is 2. The summed E-state index contributed by atoms with van der Waals surface area (Å²) >= 11 is 0. The van der Waals surface area contributed by atoms with E-state index in [4.69, 9.17) is 5.11 Å². The summed E-state index contributed by atoms with van der Waals surface area (Å²) < 4.78 is 0. The van der Waals surface area contributed by atoms with E-state index in [1.165, 1.54) is 0 Å². The summed E-state index contributed by atoms with van der Waals surface area (Å²) in [5.74, 6) is -1.75. The van der Waals surface area contributed by atoms with E-state index in [2.05, 4.69) is 0 Å². The molecule has 2 N–H and O–H groups in total. The number of rotatable bonds is 11. The average Bonchev–Trinajstić information content (AvgIpc) is 2.30. The van der Waals surface area contributed by atoms with Gasteiger partial charge in [-0.2, -0.15) is 0 Å². The fourth-order valence-electron chi connectivity index (χ4n) is 1.99. The lowest BCUT2D eigenvalue weighted by Crippen LogP contribution is -2.43. The smallest absolute Gasteiger partial charge is 0.320 e. The van der Waals surface area contributed by atoms with Crippen molar-refractivity contribution in [2.45, 2.75) is 38.6 Å². The monoisotopic (exact) mass is 274 g/mol. The van der Waals surface area contributed by atoms with Crippen molar-refractivity contribution in [1.82, 2.24) is 9.80 Å². The molecule has 112 valence electrons. The quantitative estimate of drug-likeness (QED) is 0.584. The van der Waals surface area contributed by atoms with Crippen LogP contribution in [-0.4, -0.2) is 71.7 Å². The zero-order valence-electron chi connectivity index (χ0n) is 12.1. The summed E-state index contributed by atoms with van der Waals surface area (Å²) in [5.41, 5.74) is 0. The molecule has 0 heterocycles. The van der Waals surface area contributed by atoms with Crippen molar-refractivity contribution in [1.29, 1.82) is 0 Å². The van der Waals surface area contributed by atoms with Gasteiger partial charge in [-0.15, -0.1) is 0 Å². The Morgan fingerprint density at radius 1 is 1.11 bits per heavy atom. The first kappa shape index (κ1) is 17.9. The molecule has 0 fully saturated rings. The van der Waals surface area contributed by atoms with Crippen molar-refractivity contribution in [3.05, 3.63) is 0 Å². The van der Waals surface area contributed by atoms with Crippen LogP contribution in [0.1, 0.15) is 32.6 Å². The third-order valence-corrected chi connectivity index (χ3v) is 2.95. The van der Waals surface area contributed by atoms with Crippen LogP contribution in [0, 0.1) is 0 Å². The van der Waals surface area contributed by atoms with Crippen molar-refractivity contribution in [3.63, 3.8) is 0 Å². The number of carboxylic acid groups (broad SMARTS) is 2. The van der Waals surface area contributed by atoms with E-state index in [-0.39, 0.29) is 6.42 Å². The Bertz CT molecular complexity index is 282. The second kappa shape index (κ2) is 9.75. The van der Waals surface area contributed by atoms with E-state index < -0.39 is 18.0 Å². The number of aliphatic carboxylic acids is 2. The lowest BCUT2D eigenvalue weighted by atomic mass is 10.1. The molecule has 0 saturated carbocycles. The van der Waals surface area contributed by atoms with Gasteiger partial charge in [-0.1, -0.05) is 13.3 Å². The summed E-state index contributed by atoms with van der Waals surface area (Å²) in [6.07, 6.45) is 2.14. The molecule has 0 aliphatic heterocycles. The minimum atomic E-state index is -0.891. The third kappa shape index (κ3) is 8.56.